The quantitative estimate of drug-likeness (QED) is 0.684. The molecule has 1 fully saturated rings. The number of hydrogen-bond donors (Lipinski definition) is 1. The predicted octanol–water partition coefficient (Wildman–Crippen LogP) is 0.0585. The Morgan fingerprint density at radius 1 is 1.86 bits per heavy atom. The highest BCUT2D eigenvalue weighted by molar-refractivity contribution is 5.80. The summed E-state index contributed by atoms with van der Waals surface area (Å²) in [6.07, 6.45) is -1.22. The summed E-state index contributed by atoms with van der Waals surface area (Å²) in [5.74, 6) is -0.508. The number of carbonyl (C=O) groups excluding carboxylic acids is 1. The Bertz CT molecular complexity index is 249. The summed E-state index contributed by atoms with van der Waals surface area (Å²) in [6, 6.07) is 1.82. The third-order valence-corrected chi connectivity index (χ3v) is 2.30. The lowest BCUT2D eigenvalue weighted by Gasteiger charge is -2.35. The van der Waals surface area contributed by atoms with Gasteiger partial charge in [-0.05, 0) is 6.92 Å². The number of carbonyl (C=O) groups is 1. The van der Waals surface area contributed by atoms with Gasteiger partial charge in [-0.3, -0.25) is 4.79 Å². The molecule has 0 aromatic rings. The van der Waals surface area contributed by atoms with Crippen molar-refractivity contribution in [2.45, 2.75) is 25.6 Å². The second kappa shape index (κ2) is 4.91. The number of piperazine rings is 1. The zero-order valence-corrected chi connectivity index (χ0v) is 8.16. The van der Waals surface area contributed by atoms with Crippen molar-refractivity contribution in [1.82, 2.24) is 10.2 Å². The molecule has 0 aromatic heterocycles. The normalized spacial score (nSPS) is 24.1. The molecule has 0 spiro atoms. The number of nitriles is 1. The van der Waals surface area contributed by atoms with E-state index >= 15 is 0 Å². The zero-order chi connectivity index (χ0) is 10.6. The summed E-state index contributed by atoms with van der Waals surface area (Å²) in [6.45, 7) is 2.96. The SMILES string of the molecule is CC(F)C(=O)N1CCNCC1CC#N. The van der Waals surface area contributed by atoms with Crippen LogP contribution >= 0.6 is 0 Å². The smallest absolute Gasteiger partial charge is 0.257 e. The second-order valence-corrected chi connectivity index (χ2v) is 3.37. The first-order valence-corrected chi connectivity index (χ1v) is 4.69. The van der Waals surface area contributed by atoms with Crippen LogP contribution in [0, 0.1) is 11.3 Å². The van der Waals surface area contributed by atoms with Crippen LogP contribution in [0.3, 0.4) is 0 Å². The molecule has 2 unspecified atom stereocenters. The lowest BCUT2D eigenvalue weighted by atomic mass is 10.1. The highest BCUT2D eigenvalue weighted by atomic mass is 19.1. The maximum Gasteiger partial charge on any atom is 0.257 e. The van der Waals surface area contributed by atoms with Crippen molar-refractivity contribution < 1.29 is 9.18 Å². The molecule has 5 heteroatoms. The monoisotopic (exact) mass is 199 g/mol. The molecule has 2 atom stereocenters. The highest BCUT2D eigenvalue weighted by Crippen LogP contribution is 2.10. The molecular formula is C9H14FN3O. The molecule has 0 bridgehead atoms. The number of nitrogens with zero attached hydrogens (tertiary/aromatic N) is 2. The number of alkyl halides is 1. The molecule has 1 saturated heterocycles. The topological polar surface area (TPSA) is 56.1 Å². The lowest BCUT2D eigenvalue weighted by Crippen LogP contribution is -2.55. The van der Waals surface area contributed by atoms with Crippen molar-refractivity contribution in [3.05, 3.63) is 0 Å². The van der Waals surface area contributed by atoms with Gasteiger partial charge in [-0.15, -0.1) is 0 Å². The molecule has 0 saturated carbocycles. The molecule has 1 rings (SSSR count). The van der Waals surface area contributed by atoms with Gasteiger partial charge in [0.2, 0.25) is 0 Å². The van der Waals surface area contributed by atoms with E-state index in [1.165, 1.54) is 11.8 Å². The molecule has 0 radical (unpaired) electrons. The summed E-state index contributed by atoms with van der Waals surface area (Å²) < 4.78 is 12.8. The van der Waals surface area contributed by atoms with Gasteiger partial charge in [0.05, 0.1) is 18.5 Å². The number of hydrogen-bond acceptors (Lipinski definition) is 3. The Labute approximate surface area is 82.7 Å². The molecule has 1 heterocycles. The van der Waals surface area contributed by atoms with E-state index < -0.39 is 12.1 Å². The summed E-state index contributed by atoms with van der Waals surface area (Å²) in [5.41, 5.74) is 0. The van der Waals surface area contributed by atoms with Crippen LogP contribution in [0.1, 0.15) is 13.3 Å². The van der Waals surface area contributed by atoms with Crippen molar-refractivity contribution >= 4 is 5.91 Å². The Balaban J connectivity index is 2.63. The third-order valence-electron chi connectivity index (χ3n) is 2.30. The number of rotatable bonds is 2. The van der Waals surface area contributed by atoms with Crippen LogP contribution < -0.4 is 5.32 Å². The number of nitrogens with one attached hydrogen (secondary N) is 1. The fourth-order valence-electron chi connectivity index (χ4n) is 1.57. The van der Waals surface area contributed by atoms with E-state index in [1.807, 2.05) is 6.07 Å². The van der Waals surface area contributed by atoms with Gasteiger partial charge in [0.25, 0.3) is 5.91 Å². The number of halogens is 1. The first-order valence-electron chi connectivity index (χ1n) is 4.69. The minimum Gasteiger partial charge on any atom is -0.334 e. The molecule has 0 aromatic carbocycles. The van der Waals surface area contributed by atoms with Crippen molar-refractivity contribution in [3.8, 4) is 6.07 Å². The summed E-state index contributed by atoms with van der Waals surface area (Å²) in [7, 11) is 0. The van der Waals surface area contributed by atoms with Crippen LogP contribution in [0.5, 0.6) is 0 Å². The van der Waals surface area contributed by atoms with Crippen molar-refractivity contribution in [2.24, 2.45) is 0 Å². The molecule has 0 aliphatic carbocycles. The largest absolute Gasteiger partial charge is 0.334 e. The average Bonchev–Trinajstić information content (AvgIpc) is 2.18. The fourth-order valence-corrected chi connectivity index (χ4v) is 1.57. The van der Waals surface area contributed by atoms with Crippen molar-refractivity contribution in [2.75, 3.05) is 19.6 Å². The minimum absolute atomic E-state index is 0.181. The first kappa shape index (κ1) is 10.9. The van der Waals surface area contributed by atoms with Gasteiger partial charge in [0, 0.05) is 19.6 Å². The van der Waals surface area contributed by atoms with Gasteiger partial charge in [0.1, 0.15) is 0 Å². The van der Waals surface area contributed by atoms with Gasteiger partial charge < -0.3 is 10.2 Å². The zero-order valence-electron chi connectivity index (χ0n) is 8.16. The minimum atomic E-state index is -1.48. The molecular weight excluding hydrogens is 185 g/mol. The standard InChI is InChI=1S/C9H14FN3O/c1-7(10)9(14)13-5-4-12-6-8(13)2-3-11/h7-8,12H,2,4-6H2,1H3. The first-order chi connectivity index (χ1) is 6.66. The summed E-state index contributed by atoms with van der Waals surface area (Å²) in [5, 5.41) is 11.6. The maximum atomic E-state index is 12.8. The molecule has 78 valence electrons. The van der Waals surface area contributed by atoms with Crippen molar-refractivity contribution in [3.63, 3.8) is 0 Å². The van der Waals surface area contributed by atoms with Gasteiger partial charge in [-0.25, -0.2) is 4.39 Å². The van der Waals surface area contributed by atoms with Crippen LogP contribution in [-0.2, 0) is 4.79 Å². The van der Waals surface area contributed by atoms with Gasteiger partial charge in [0.15, 0.2) is 6.17 Å². The molecule has 14 heavy (non-hydrogen) atoms. The van der Waals surface area contributed by atoms with E-state index in [0.29, 0.717) is 19.6 Å². The van der Waals surface area contributed by atoms with Crippen LogP contribution in [0.2, 0.25) is 0 Å². The van der Waals surface area contributed by atoms with E-state index in [0.717, 1.165) is 0 Å². The summed E-state index contributed by atoms with van der Waals surface area (Å²) >= 11 is 0. The Kier molecular flexibility index (Phi) is 3.84. The number of amides is 1. The van der Waals surface area contributed by atoms with Crippen LogP contribution in [-0.4, -0.2) is 42.7 Å². The predicted molar refractivity (Wildman–Crippen MR) is 49.2 cm³/mol. The summed E-state index contributed by atoms with van der Waals surface area (Å²) in [4.78, 5) is 12.9. The van der Waals surface area contributed by atoms with E-state index in [2.05, 4.69) is 5.32 Å². The van der Waals surface area contributed by atoms with Gasteiger partial charge in [-0.1, -0.05) is 0 Å². The Morgan fingerprint density at radius 3 is 3.14 bits per heavy atom. The van der Waals surface area contributed by atoms with Gasteiger partial charge in [-0.2, -0.15) is 5.26 Å². The van der Waals surface area contributed by atoms with E-state index in [-0.39, 0.29) is 12.5 Å². The second-order valence-electron chi connectivity index (χ2n) is 3.37. The molecule has 4 nitrogen and oxygen atoms in total. The Hall–Kier alpha value is -1.15. The van der Waals surface area contributed by atoms with Crippen LogP contribution in [0.15, 0.2) is 0 Å². The van der Waals surface area contributed by atoms with Crippen LogP contribution in [0.25, 0.3) is 0 Å². The highest BCUT2D eigenvalue weighted by Gasteiger charge is 2.29. The maximum absolute atomic E-state index is 12.8. The molecule has 1 N–H and O–H groups in total. The van der Waals surface area contributed by atoms with E-state index in [1.54, 1.807) is 0 Å². The Morgan fingerprint density at radius 2 is 2.57 bits per heavy atom. The van der Waals surface area contributed by atoms with Crippen LogP contribution in [0.4, 0.5) is 4.39 Å². The average molecular weight is 199 g/mol. The van der Waals surface area contributed by atoms with E-state index in [9.17, 15) is 9.18 Å². The molecule has 1 aliphatic rings. The molecule has 1 amide bonds. The molecule has 1 aliphatic heterocycles. The van der Waals surface area contributed by atoms with E-state index in [4.69, 9.17) is 5.26 Å². The van der Waals surface area contributed by atoms with Crippen molar-refractivity contribution in [1.29, 1.82) is 5.26 Å². The third kappa shape index (κ3) is 2.42. The lowest BCUT2D eigenvalue weighted by molar-refractivity contribution is -0.139. The fraction of sp³-hybridized carbons (Fsp3) is 0.778. The van der Waals surface area contributed by atoms with Gasteiger partial charge >= 0.3 is 0 Å².